The summed E-state index contributed by atoms with van der Waals surface area (Å²) in [6.07, 6.45) is 2.78. The minimum Gasteiger partial charge on any atom is -0.471 e. The monoisotopic (exact) mass is 451 g/mol. The van der Waals surface area contributed by atoms with Gasteiger partial charge in [-0.15, -0.1) is 0 Å². The Labute approximate surface area is 181 Å². The maximum absolute atomic E-state index is 13.8. The van der Waals surface area contributed by atoms with Crippen molar-refractivity contribution in [2.45, 2.75) is 39.4 Å². The van der Waals surface area contributed by atoms with Crippen LogP contribution < -0.4 is 10.3 Å². The van der Waals surface area contributed by atoms with Gasteiger partial charge in [0.1, 0.15) is 24.1 Å². The van der Waals surface area contributed by atoms with Crippen molar-refractivity contribution in [3.63, 3.8) is 0 Å². The third-order valence-electron chi connectivity index (χ3n) is 4.35. The van der Waals surface area contributed by atoms with Gasteiger partial charge in [0.15, 0.2) is 5.02 Å². The Hall–Kier alpha value is -3.04. The van der Waals surface area contributed by atoms with E-state index in [4.69, 9.17) is 16.3 Å². The van der Waals surface area contributed by atoms with Crippen molar-refractivity contribution < 1.29 is 23.4 Å². The molecule has 7 nitrogen and oxygen atoms in total. The van der Waals surface area contributed by atoms with Gasteiger partial charge in [0.05, 0.1) is 17.7 Å². The van der Waals surface area contributed by atoms with Gasteiger partial charge in [-0.3, -0.25) is 18.7 Å². The molecule has 0 saturated carbocycles. The van der Waals surface area contributed by atoms with E-state index in [1.54, 1.807) is 6.92 Å². The first kappa shape index (κ1) is 22.6. The van der Waals surface area contributed by atoms with Crippen molar-refractivity contribution in [2.75, 3.05) is 0 Å². The SMILES string of the molecule is Cc1nc(OCc2ccc(F)cc2F)c(Cl)c(=O)n1-c1ccn(C(=O)CC(C)(C)O)c1. The van der Waals surface area contributed by atoms with Crippen LogP contribution in [-0.4, -0.2) is 30.7 Å². The summed E-state index contributed by atoms with van der Waals surface area (Å²) in [4.78, 5) is 29.2. The second-order valence-corrected chi connectivity index (χ2v) is 7.98. The zero-order chi connectivity index (χ0) is 22.9. The maximum Gasteiger partial charge on any atom is 0.280 e. The van der Waals surface area contributed by atoms with E-state index in [9.17, 15) is 23.5 Å². The van der Waals surface area contributed by atoms with Crippen LogP contribution in [0.25, 0.3) is 5.69 Å². The molecule has 2 aromatic heterocycles. The van der Waals surface area contributed by atoms with E-state index in [2.05, 4.69) is 4.98 Å². The first-order valence-corrected chi connectivity index (χ1v) is 9.64. The fraction of sp³-hybridized carbons (Fsp3) is 0.286. The molecule has 3 aromatic rings. The molecule has 1 aromatic carbocycles. The first-order chi connectivity index (χ1) is 14.5. The number of hydrogen-bond acceptors (Lipinski definition) is 5. The molecule has 0 amide bonds. The summed E-state index contributed by atoms with van der Waals surface area (Å²) in [5.41, 5.74) is -1.40. The van der Waals surface area contributed by atoms with E-state index in [0.717, 1.165) is 12.1 Å². The number of ether oxygens (including phenoxy) is 1. The molecule has 0 saturated heterocycles. The second-order valence-electron chi connectivity index (χ2n) is 7.60. The highest BCUT2D eigenvalue weighted by atomic mass is 35.5. The van der Waals surface area contributed by atoms with Crippen molar-refractivity contribution in [2.24, 2.45) is 0 Å². The van der Waals surface area contributed by atoms with Crippen LogP contribution in [0.2, 0.25) is 5.02 Å². The molecule has 0 aliphatic carbocycles. The molecule has 10 heteroatoms. The number of hydrogen-bond donors (Lipinski definition) is 1. The van der Waals surface area contributed by atoms with Crippen LogP contribution in [0.4, 0.5) is 8.78 Å². The van der Waals surface area contributed by atoms with Gasteiger partial charge in [0.25, 0.3) is 5.56 Å². The highest BCUT2D eigenvalue weighted by Gasteiger charge is 2.21. The number of aromatic nitrogens is 3. The van der Waals surface area contributed by atoms with Gasteiger partial charge in [-0.05, 0) is 39.0 Å². The van der Waals surface area contributed by atoms with E-state index in [1.807, 2.05) is 0 Å². The number of carbonyl (C=O) groups excluding carboxylic acids is 1. The van der Waals surface area contributed by atoms with Crippen LogP contribution in [-0.2, 0) is 6.61 Å². The highest BCUT2D eigenvalue weighted by molar-refractivity contribution is 6.31. The molecule has 0 radical (unpaired) electrons. The standard InChI is InChI=1S/C21H20ClF2N3O4/c1-12-25-19(31-11-13-4-5-14(23)8-16(13)24)18(22)20(29)27(12)15-6-7-26(10-15)17(28)9-21(2,3)30/h4-8,10,30H,9,11H2,1-3H3. The lowest BCUT2D eigenvalue weighted by molar-refractivity contribution is 0.0530. The summed E-state index contributed by atoms with van der Waals surface area (Å²) in [5.74, 6) is -1.84. The third kappa shape index (κ3) is 5.18. The van der Waals surface area contributed by atoms with Crippen LogP contribution >= 0.6 is 11.6 Å². The molecular weight excluding hydrogens is 432 g/mol. The molecule has 0 bridgehead atoms. The summed E-state index contributed by atoms with van der Waals surface area (Å²) < 4.78 is 34.7. The molecule has 1 N–H and O–H groups in total. The molecule has 3 rings (SSSR count). The van der Waals surface area contributed by atoms with Crippen LogP contribution in [0.15, 0.2) is 41.5 Å². The number of carbonyl (C=O) groups is 1. The van der Waals surface area contributed by atoms with Crippen LogP contribution in [0.1, 0.15) is 36.5 Å². The molecule has 0 atom stereocenters. The second kappa shape index (κ2) is 8.60. The smallest absolute Gasteiger partial charge is 0.280 e. The Morgan fingerprint density at radius 2 is 2.00 bits per heavy atom. The number of aryl methyl sites for hydroxylation is 1. The molecule has 0 aliphatic heterocycles. The van der Waals surface area contributed by atoms with Gasteiger partial charge >= 0.3 is 0 Å². The lowest BCUT2D eigenvalue weighted by Gasteiger charge is -2.15. The Bertz CT molecular complexity index is 1200. The van der Waals surface area contributed by atoms with Gasteiger partial charge in [-0.1, -0.05) is 11.6 Å². The van der Waals surface area contributed by atoms with Gasteiger partial charge in [-0.2, -0.15) is 4.98 Å². The fourth-order valence-corrected chi connectivity index (χ4v) is 3.08. The van der Waals surface area contributed by atoms with Crippen LogP contribution in [0, 0.1) is 18.6 Å². The molecule has 164 valence electrons. The number of benzene rings is 1. The summed E-state index contributed by atoms with van der Waals surface area (Å²) in [6.45, 7) is 4.27. The largest absolute Gasteiger partial charge is 0.471 e. The van der Waals surface area contributed by atoms with Crippen LogP contribution in [0.3, 0.4) is 0 Å². The van der Waals surface area contributed by atoms with Crippen molar-refractivity contribution in [1.82, 2.24) is 14.1 Å². The van der Waals surface area contributed by atoms with Crippen molar-refractivity contribution in [3.8, 4) is 11.6 Å². The molecule has 31 heavy (non-hydrogen) atoms. The van der Waals surface area contributed by atoms with Gasteiger partial charge in [0.2, 0.25) is 11.8 Å². The Kier molecular flexibility index (Phi) is 6.28. The van der Waals surface area contributed by atoms with E-state index in [0.29, 0.717) is 5.69 Å². The van der Waals surface area contributed by atoms with Crippen molar-refractivity contribution in [3.05, 3.63) is 75.1 Å². The predicted molar refractivity (Wildman–Crippen MR) is 110 cm³/mol. The lowest BCUT2D eigenvalue weighted by atomic mass is 10.1. The van der Waals surface area contributed by atoms with Crippen molar-refractivity contribution in [1.29, 1.82) is 0 Å². The first-order valence-electron chi connectivity index (χ1n) is 9.26. The van der Waals surface area contributed by atoms with E-state index in [-0.39, 0.29) is 41.2 Å². The van der Waals surface area contributed by atoms with Crippen molar-refractivity contribution >= 4 is 17.5 Å². The maximum atomic E-state index is 13.8. The summed E-state index contributed by atoms with van der Waals surface area (Å²) in [5, 5.41) is 9.49. The molecule has 2 heterocycles. The average Bonchev–Trinajstić information content (AvgIpc) is 3.13. The Morgan fingerprint density at radius 3 is 2.65 bits per heavy atom. The van der Waals surface area contributed by atoms with Gasteiger partial charge in [0, 0.05) is 24.0 Å². The minimum absolute atomic E-state index is 0.0727. The zero-order valence-electron chi connectivity index (χ0n) is 17.0. The molecule has 0 unspecified atom stereocenters. The molecule has 0 aliphatic rings. The quantitative estimate of drug-likeness (QED) is 0.618. The van der Waals surface area contributed by atoms with E-state index >= 15 is 0 Å². The average molecular weight is 452 g/mol. The number of rotatable bonds is 6. The predicted octanol–water partition coefficient (Wildman–Crippen LogP) is 3.65. The van der Waals surface area contributed by atoms with E-state index in [1.165, 1.54) is 47.5 Å². The Morgan fingerprint density at radius 1 is 1.29 bits per heavy atom. The summed E-state index contributed by atoms with van der Waals surface area (Å²) in [6, 6.07) is 4.56. The van der Waals surface area contributed by atoms with Gasteiger partial charge in [-0.25, -0.2) is 8.78 Å². The van der Waals surface area contributed by atoms with E-state index < -0.39 is 22.8 Å². The third-order valence-corrected chi connectivity index (χ3v) is 4.68. The number of aliphatic hydroxyl groups is 1. The lowest BCUT2D eigenvalue weighted by Crippen LogP contribution is -2.26. The zero-order valence-corrected chi connectivity index (χ0v) is 17.8. The summed E-state index contributed by atoms with van der Waals surface area (Å²) in [7, 11) is 0. The topological polar surface area (TPSA) is 86.4 Å². The molecular formula is C21H20ClF2N3O4. The fourth-order valence-electron chi connectivity index (χ4n) is 2.90. The molecule has 0 fully saturated rings. The normalized spacial score (nSPS) is 11.6. The highest BCUT2D eigenvalue weighted by Crippen LogP contribution is 2.22. The van der Waals surface area contributed by atoms with Crippen LogP contribution in [0.5, 0.6) is 5.88 Å². The Balaban J connectivity index is 1.87. The number of halogens is 3. The minimum atomic E-state index is -1.18. The van der Waals surface area contributed by atoms with Gasteiger partial charge < -0.3 is 9.84 Å². The molecule has 0 spiro atoms. The summed E-state index contributed by atoms with van der Waals surface area (Å²) >= 11 is 6.13. The number of nitrogens with zero attached hydrogens (tertiary/aromatic N) is 3.